The number of halogens is 2. The first-order valence-electron chi connectivity index (χ1n) is 7.11. The Bertz CT molecular complexity index is 626. The summed E-state index contributed by atoms with van der Waals surface area (Å²) < 4.78 is 40.5. The average molecular weight is 333 g/mol. The second-order valence-corrected chi connectivity index (χ2v) is 7.74. The van der Waals surface area contributed by atoms with Crippen molar-refractivity contribution in [2.75, 3.05) is 26.2 Å². The third kappa shape index (κ3) is 3.08. The van der Waals surface area contributed by atoms with Gasteiger partial charge in [0.1, 0.15) is 10.7 Å². The summed E-state index contributed by atoms with van der Waals surface area (Å²) in [7, 11) is -3.76. The van der Waals surface area contributed by atoms with E-state index in [1.807, 2.05) is 0 Å². The fraction of sp³-hybridized carbons (Fsp3) is 0.571. The maximum Gasteiger partial charge on any atom is 0.246 e. The van der Waals surface area contributed by atoms with Gasteiger partial charge in [-0.1, -0.05) is 6.07 Å². The molecule has 0 bridgehead atoms. The molecule has 1 saturated heterocycles. The fourth-order valence-electron chi connectivity index (χ4n) is 2.72. The molecule has 1 aliphatic carbocycles. The van der Waals surface area contributed by atoms with Crippen LogP contribution in [0.25, 0.3) is 0 Å². The van der Waals surface area contributed by atoms with Gasteiger partial charge in [0.05, 0.1) is 0 Å². The topological polar surface area (TPSA) is 40.6 Å². The molecule has 1 aliphatic heterocycles. The summed E-state index contributed by atoms with van der Waals surface area (Å²) in [5, 5.41) is 0. The van der Waals surface area contributed by atoms with Gasteiger partial charge in [-0.25, -0.2) is 12.8 Å². The zero-order valence-electron chi connectivity index (χ0n) is 11.6. The van der Waals surface area contributed by atoms with Gasteiger partial charge in [0.15, 0.2) is 0 Å². The van der Waals surface area contributed by atoms with Crippen LogP contribution in [0.1, 0.15) is 18.4 Å². The van der Waals surface area contributed by atoms with Crippen LogP contribution in [-0.2, 0) is 15.9 Å². The molecule has 3 rings (SSSR count). The van der Waals surface area contributed by atoms with Crippen molar-refractivity contribution in [1.82, 2.24) is 9.21 Å². The van der Waals surface area contributed by atoms with Crippen molar-refractivity contribution in [3.05, 3.63) is 29.6 Å². The van der Waals surface area contributed by atoms with Crippen LogP contribution in [0, 0.1) is 5.82 Å². The molecule has 1 heterocycles. The SMILES string of the molecule is O=S(=O)(c1ccc(CCl)cc1F)N1CCN(C2CC2)CC1. The summed E-state index contributed by atoms with van der Waals surface area (Å²) >= 11 is 5.63. The highest BCUT2D eigenvalue weighted by Gasteiger charge is 2.35. The summed E-state index contributed by atoms with van der Waals surface area (Å²) in [6, 6.07) is 4.70. The highest BCUT2D eigenvalue weighted by molar-refractivity contribution is 7.89. The minimum atomic E-state index is -3.76. The minimum absolute atomic E-state index is 0.164. The molecule has 4 nitrogen and oxygen atoms in total. The maximum atomic E-state index is 14.0. The van der Waals surface area contributed by atoms with Crippen LogP contribution in [0.15, 0.2) is 23.1 Å². The van der Waals surface area contributed by atoms with E-state index >= 15 is 0 Å². The Kier molecular flexibility index (Phi) is 4.23. The van der Waals surface area contributed by atoms with Gasteiger partial charge in [0, 0.05) is 38.1 Å². The molecule has 1 aromatic rings. The second kappa shape index (κ2) is 5.83. The van der Waals surface area contributed by atoms with Crippen molar-refractivity contribution in [3.8, 4) is 0 Å². The predicted octanol–water partition coefficient (Wildman–Crippen LogP) is 2.03. The van der Waals surface area contributed by atoms with Crippen LogP contribution in [0.4, 0.5) is 4.39 Å². The van der Waals surface area contributed by atoms with Gasteiger partial charge in [-0.3, -0.25) is 4.90 Å². The lowest BCUT2D eigenvalue weighted by Crippen LogP contribution is -2.49. The van der Waals surface area contributed by atoms with E-state index in [0.717, 1.165) is 13.1 Å². The number of sulfonamides is 1. The van der Waals surface area contributed by atoms with Gasteiger partial charge in [0.25, 0.3) is 0 Å². The average Bonchev–Trinajstić information content (AvgIpc) is 3.31. The number of alkyl halides is 1. The Labute approximate surface area is 129 Å². The lowest BCUT2D eigenvalue weighted by molar-refractivity contribution is 0.180. The largest absolute Gasteiger partial charge is 0.298 e. The molecule has 0 aromatic heterocycles. The van der Waals surface area contributed by atoms with E-state index in [2.05, 4.69) is 4.90 Å². The van der Waals surface area contributed by atoms with Crippen molar-refractivity contribution in [1.29, 1.82) is 0 Å². The number of rotatable bonds is 4. The number of piperazine rings is 1. The van der Waals surface area contributed by atoms with Crippen molar-refractivity contribution in [3.63, 3.8) is 0 Å². The first-order chi connectivity index (χ1) is 10.0. The van der Waals surface area contributed by atoms with E-state index in [1.165, 1.54) is 29.3 Å². The number of benzene rings is 1. The van der Waals surface area contributed by atoms with Crippen LogP contribution in [0.2, 0.25) is 0 Å². The zero-order valence-corrected chi connectivity index (χ0v) is 13.2. The zero-order chi connectivity index (χ0) is 15.0. The molecule has 116 valence electrons. The molecule has 1 aromatic carbocycles. The molecule has 0 N–H and O–H groups in total. The number of nitrogens with zero attached hydrogens (tertiary/aromatic N) is 2. The molecule has 1 saturated carbocycles. The Morgan fingerprint density at radius 1 is 1.19 bits per heavy atom. The quantitative estimate of drug-likeness (QED) is 0.792. The van der Waals surface area contributed by atoms with Gasteiger partial charge in [-0.2, -0.15) is 4.31 Å². The van der Waals surface area contributed by atoms with Crippen LogP contribution in [-0.4, -0.2) is 49.8 Å². The molecule has 21 heavy (non-hydrogen) atoms. The van der Waals surface area contributed by atoms with E-state index in [9.17, 15) is 12.8 Å². The second-order valence-electron chi connectivity index (χ2n) is 5.57. The summed E-state index contributed by atoms with van der Waals surface area (Å²) in [5.74, 6) is -0.560. The highest BCUT2D eigenvalue weighted by atomic mass is 35.5. The minimum Gasteiger partial charge on any atom is -0.298 e. The predicted molar refractivity (Wildman–Crippen MR) is 79.3 cm³/mol. The van der Waals surface area contributed by atoms with E-state index in [-0.39, 0.29) is 10.8 Å². The van der Waals surface area contributed by atoms with E-state index in [4.69, 9.17) is 11.6 Å². The Morgan fingerprint density at radius 3 is 2.38 bits per heavy atom. The standard InChI is InChI=1S/C14H18ClFN2O2S/c15-10-11-1-4-14(13(16)9-11)21(19,20)18-7-5-17(6-8-18)12-2-3-12/h1,4,9,12H,2-3,5-8,10H2. The summed E-state index contributed by atoms with van der Waals surface area (Å²) in [5.41, 5.74) is 0.576. The Hall–Kier alpha value is -0.690. The molecule has 7 heteroatoms. The van der Waals surface area contributed by atoms with Crippen LogP contribution < -0.4 is 0 Å². The normalized spacial score (nSPS) is 21.6. The molecule has 2 fully saturated rings. The molecule has 0 unspecified atom stereocenters. The van der Waals surface area contributed by atoms with Crippen LogP contribution >= 0.6 is 11.6 Å². The van der Waals surface area contributed by atoms with Crippen LogP contribution in [0.5, 0.6) is 0 Å². The third-order valence-corrected chi connectivity index (χ3v) is 6.35. The molecule has 0 atom stereocenters. The monoisotopic (exact) mass is 332 g/mol. The summed E-state index contributed by atoms with van der Waals surface area (Å²) in [4.78, 5) is 2.06. The summed E-state index contributed by atoms with van der Waals surface area (Å²) in [6.07, 6.45) is 2.42. The van der Waals surface area contributed by atoms with Gasteiger partial charge in [-0.05, 0) is 30.5 Å². The maximum absolute atomic E-state index is 14.0. The molecule has 0 amide bonds. The highest BCUT2D eigenvalue weighted by Crippen LogP contribution is 2.29. The fourth-order valence-corrected chi connectivity index (χ4v) is 4.36. The van der Waals surface area contributed by atoms with Crippen LogP contribution in [0.3, 0.4) is 0 Å². The molecular formula is C14H18ClFN2O2S. The smallest absolute Gasteiger partial charge is 0.246 e. The van der Waals surface area contributed by atoms with Gasteiger partial charge in [-0.15, -0.1) is 11.6 Å². The number of hydrogen-bond donors (Lipinski definition) is 0. The lowest BCUT2D eigenvalue weighted by Gasteiger charge is -2.34. The van der Waals surface area contributed by atoms with E-state index < -0.39 is 15.8 Å². The molecule has 0 spiro atoms. The Morgan fingerprint density at radius 2 is 1.86 bits per heavy atom. The van der Waals surface area contributed by atoms with Gasteiger partial charge < -0.3 is 0 Å². The van der Waals surface area contributed by atoms with E-state index in [1.54, 1.807) is 6.07 Å². The molecule has 0 radical (unpaired) electrons. The first-order valence-corrected chi connectivity index (χ1v) is 9.08. The van der Waals surface area contributed by atoms with Gasteiger partial charge in [0.2, 0.25) is 10.0 Å². The first kappa shape index (κ1) is 15.2. The van der Waals surface area contributed by atoms with Gasteiger partial charge >= 0.3 is 0 Å². The van der Waals surface area contributed by atoms with Crippen molar-refractivity contribution >= 4 is 21.6 Å². The van der Waals surface area contributed by atoms with E-state index in [0.29, 0.717) is 24.7 Å². The van der Waals surface area contributed by atoms with Crippen molar-refractivity contribution in [2.45, 2.75) is 29.7 Å². The third-order valence-electron chi connectivity index (χ3n) is 4.10. The molecular weight excluding hydrogens is 315 g/mol. The summed E-state index contributed by atoms with van der Waals surface area (Å²) in [6.45, 7) is 2.31. The van der Waals surface area contributed by atoms with Crippen molar-refractivity contribution in [2.24, 2.45) is 0 Å². The Balaban J connectivity index is 1.77. The number of hydrogen-bond acceptors (Lipinski definition) is 3. The molecule has 2 aliphatic rings. The van der Waals surface area contributed by atoms with Crippen molar-refractivity contribution < 1.29 is 12.8 Å². The lowest BCUT2D eigenvalue weighted by atomic mass is 10.2.